The van der Waals surface area contributed by atoms with E-state index >= 15 is 0 Å². The zero-order chi connectivity index (χ0) is 14.9. The van der Waals surface area contributed by atoms with E-state index in [1.165, 1.54) is 12.3 Å². The number of benzene rings is 1. The number of nitrogens with zero attached hydrogens (tertiary/aromatic N) is 2. The van der Waals surface area contributed by atoms with Crippen molar-refractivity contribution in [1.29, 1.82) is 0 Å². The first kappa shape index (κ1) is 14.7. The van der Waals surface area contributed by atoms with Crippen molar-refractivity contribution < 1.29 is 13.9 Å². The molecule has 0 radical (unpaired) electrons. The van der Waals surface area contributed by atoms with Gasteiger partial charge in [0.15, 0.2) is 5.82 Å². The number of hydrogen-bond acceptors (Lipinski definition) is 3. The molecule has 1 aromatic heterocycles. The molecule has 0 fully saturated rings. The second-order valence-corrected chi connectivity index (χ2v) is 5.44. The van der Waals surface area contributed by atoms with Gasteiger partial charge in [0.2, 0.25) is 0 Å². The highest BCUT2D eigenvalue weighted by Gasteiger charge is 2.20. The molecule has 1 aromatic carbocycles. The first-order chi connectivity index (χ1) is 9.31. The van der Waals surface area contributed by atoms with E-state index in [4.69, 9.17) is 0 Å². The molecule has 0 aliphatic carbocycles. The van der Waals surface area contributed by atoms with Gasteiger partial charge in [-0.05, 0) is 32.9 Å². The Morgan fingerprint density at radius 1 is 1.30 bits per heavy atom. The summed E-state index contributed by atoms with van der Waals surface area (Å²) in [7, 11) is 0. The Morgan fingerprint density at radius 2 is 2.00 bits per heavy atom. The van der Waals surface area contributed by atoms with Crippen LogP contribution in [0.2, 0.25) is 0 Å². The Morgan fingerprint density at radius 3 is 2.60 bits per heavy atom. The molecule has 0 spiro atoms. The summed E-state index contributed by atoms with van der Waals surface area (Å²) in [6, 6.07) is 3.80. The van der Waals surface area contributed by atoms with Crippen molar-refractivity contribution in [2.24, 2.45) is 0 Å². The van der Waals surface area contributed by atoms with E-state index in [1.54, 1.807) is 19.9 Å². The lowest BCUT2D eigenvalue weighted by atomic mass is 10.1. The van der Waals surface area contributed by atoms with Crippen molar-refractivity contribution in [1.82, 2.24) is 4.98 Å². The maximum absolute atomic E-state index is 13.8. The number of aromatic nitrogens is 1. The summed E-state index contributed by atoms with van der Waals surface area (Å²) in [5, 5.41) is 10.4. The zero-order valence-electron chi connectivity index (χ0n) is 11.8. The Hall–Kier alpha value is -1.75. The van der Waals surface area contributed by atoms with E-state index in [2.05, 4.69) is 4.98 Å². The second-order valence-electron chi connectivity index (χ2n) is 5.44. The zero-order valence-corrected chi connectivity index (χ0v) is 11.8. The third-order valence-electron chi connectivity index (χ3n) is 3.04. The molecule has 3 nitrogen and oxygen atoms in total. The quantitative estimate of drug-likeness (QED) is 0.935. The molecule has 0 atom stereocenters. The van der Waals surface area contributed by atoms with Crippen LogP contribution in [0, 0.1) is 11.6 Å². The number of likely N-dealkylation sites (N-methyl/N-ethyl adjacent to an activating group) is 1. The predicted molar refractivity (Wildman–Crippen MR) is 75.8 cm³/mol. The van der Waals surface area contributed by atoms with E-state index < -0.39 is 17.2 Å². The number of pyridine rings is 1. The fourth-order valence-corrected chi connectivity index (χ4v) is 2.27. The highest BCUT2D eigenvalue weighted by Crippen LogP contribution is 2.28. The highest BCUT2D eigenvalue weighted by molar-refractivity contribution is 5.92. The van der Waals surface area contributed by atoms with E-state index in [9.17, 15) is 13.9 Å². The first-order valence-electron chi connectivity index (χ1n) is 6.53. The summed E-state index contributed by atoms with van der Waals surface area (Å²) in [6.45, 7) is 6.29. The van der Waals surface area contributed by atoms with Gasteiger partial charge in [-0.2, -0.15) is 0 Å². The summed E-state index contributed by atoms with van der Waals surface area (Å²) in [6.07, 6.45) is 1.49. The molecule has 20 heavy (non-hydrogen) atoms. The van der Waals surface area contributed by atoms with Crippen LogP contribution in [-0.4, -0.2) is 28.8 Å². The normalized spacial score (nSPS) is 11.9. The molecule has 0 aliphatic rings. The van der Waals surface area contributed by atoms with Crippen LogP contribution in [0.5, 0.6) is 0 Å². The lowest BCUT2D eigenvalue weighted by molar-refractivity contribution is 0.0876. The maximum atomic E-state index is 13.8. The summed E-state index contributed by atoms with van der Waals surface area (Å²) in [4.78, 5) is 5.84. The molecule has 0 saturated heterocycles. The largest absolute Gasteiger partial charge is 0.389 e. The van der Waals surface area contributed by atoms with Gasteiger partial charge < -0.3 is 10.0 Å². The minimum absolute atomic E-state index is 0.137. The molecule has 2 aromatic rings. The summed E-state index contributed by atoms with van der Waals surface area (Å²) in [5.74, 6) is -1.32. The van der Waals surface area contributed by atoms with Crippen LogP contribution >= 0.6 is 0 Å². The molecular formula is C15H18F2N2O. The Kier molecular flexibility index (Phi) is 3.90. The lowest BCUT2D eigenvalue weighted by Gasteiger charge is -2.30. The topological polar surface area (TPSA) is 36.4 Å². The second kappa shape index (κ2) is 5.32. The summed E-state index contributed by atoms with van der Waals surface area (Å²) in [5.41, 5.74) is -0.103. The van der Waals surface area contributed by atoms with Crippen LogP contribution in [0.15, 0.2) is 24.4 Å². The molecule has 1 N–H and O–H groups in total. The van der Waals surface area contributed by atoms with Crippen molar-refractivity contribution in [2.75, 3.05) is 18.0 Å². The SMILES string of the molecule is CCN(CC(C)(C)O)c1ccnc2c(F)cc(F)cc12. The molecule has 0 unspecified atom stereocenters. The van der Waals surface area contributed by atoms with Crippen LogP contribution < -0.4 is 4.90 Å². The Bertz CT molecular complexity index is 623. The number of anilines is 1. The molecule has 2 rings (SSSR count). The Labute approximate surface area is 116 Å². The van der Waals surface area contributed by atoms with Crippen molar-refractivity contribution in [3.8, 4) is 0 Å². The number of halogens is 2. The molecule has 5 heteroatoms. The van der Waals surface area contributed by atoms with Crippen molar-refractivity contribution in [3.05, 3.63) is 36.0 Å². The van der Waals surface area contributed by atoms with Crippen LogP contribution in [0.4, 0.5) is 14.5 Å². The van der Waals surface area contributed by atoms with Gasteiger partial charge >= 0.3 is 0 Å². The standard InChI is InChI=1S/C15H18F2N2O/c1-4-19(9-15(2,3)20)13-5-6-18-14-11(13)7-10(16)8-12(14)17/h5-8,20H,4,9H2,1-3H3. The summed E-state index contributed by atoms with van der Waals surface area (Å²) >= 11 is 0. The van der Waals surface area contributed by atoms with Crippen molar-refractivity contribution in [3.63, 3.8) is 0 Å². The van der Waals surface area contributed by atoms with E-state index in [1.807, 2.05) is 11.8 Å². The number of hydrogen-bond donors (Lipinski definition) is 1. The number of aliphatic hydroxyl groups is 1. The van der Waals surface area contributed by atoms with Crippen LogP contribution in [-0.2, 0) is 0 Å². The van der Waals surface area contributed by atoms with Gasteiger partial charge in [-0.15, -0.1) is 0 Å². The third-order valence-corrected chi connectivity index (χ3v) is 3.04. The predicted octanol–water partition coefficient (Wildman–Crippen LogP) is 3.11. The molecule has 0 saturated carbocycles. The maximum Gasteiger partial charge on any atom is 0.152 e. The van der Waals surface area contributed by atoms with Gasteiger partial charge in [0.05, 0.1) is 5.60 Å². The monoisotopic (exact) mass is 280 g/mol. The molecule has 108 valence electrons. The van der Waals surface area contributed by atoms with E-state index in [-0.39, 0.29) is 5.52 Å². The number of rotatable bonds is 4. The number of fused-ring (bicyclic) bond motifs is 1. The molecule has 1 heterocycles. The molecular weight excluding hydrogens is 262 g/mol. The molecule has 0 bridgehead atoms. The van der Waals surface area contributed by atoms with Gasteiger partial charge in [0.1, 0.15) is 11.3 Å². The van der Waals surface area contributed by atoms with Gasteiger partial charge in [-0.1, -0.05) is 0 Å². The van der Waals surface area contributed by atoms with E-state index in [0.29, 0.717) is 24.2 Å². The highest BCUT2D eigenvalue weighted by atomic mass is 19.1. The van der Waals surface area contributed by atoms with Crippen LogP contribution in [0.3, 0.4) is 0 Å². The van der Waals surface area contributed by atoms with E-state index in [0.717, 1.165) is 6.07 Å². The van der Waals surface area contributed by atoms with Gasteiger partial charge in [-0.3, -0.25) is 4.98 Å². The summed E-state index contributed by atoms with van der Waals surface area (Å²) < 4.78 is 27.2. The van der Waals surface area contributed by atoms with Crippen LogP contribution in [0.25, 0.3) is 10.9 Å². The smallest absolute Gasteiger partial charge is 0.152 e. The average Bonchev–Trinajstić information content (AvgIpc) is 2.34. The van der Waals surface area contributed by atoms with Gasteiger partial charge in [0.25, 0.3) is 0 Å². The fourth-order valence-electron chi connectivity index (χ4n) is 2.27. The Balaban J connectivity index is 2.58. The third kappa shape index (κ3) is 3.04. The lowest BCUT2D eigenvalue weighted by Crippen LogP contribution is -2.38. The average molecular weight is 280 g/mol. The molecule has 0 aliphatic heterocycles. The minimum atomic E-state index is -0.905. The van der Waals surface area contributed by atoms with Gasteiger partial charge in [-0.25, -0.2) is 8.78 Å². The minimum Gasteiger partial charge on any atom is -0.389 e. The van der Waals surface area contributed by atoms with Crippen LogP contribution in [0.1, 0.15) is 20.8 Å². The fraction of sp³-hybridized carbons (Fsp3) is 0.400. The molecule has 0 amide bonds. The van der Waals surface area contributed by atoms with Gasteiger partial charge in [0, 0.05) is 36.4 Å². The van der Waals surface area contributed by atoms with Crippen molar-refractivity contribution >= 4 is 16.6 Å². The first-order valence-corrected chi connectivity index (χ1v) is 6.53. The van der Waals surface area contributed by atoms with Crippen molar-refractivity contribution in [2.45, 2.75) is 26.4 Å².